The van der Waals surface area contributed by atoms with Gasteiger partial charge in [0.2, 0.25) is 0 Å². The number of hydrogen-bond acceptors (Lipinski definition) is 1. The van der Waals surface area contributed by atoms with E-state index in [0.29, 0.717) is 0 Å². The van der Waals surface area contributed by atoms with Crippen molar-refractivity contribution in [2.24, 2.45) is 0 Å². The highest BCUT2D eigenvalue weighted by Crippen LogP contribution is 2.08. The topological polar surface area (TPSA) is 0 Å². The Morgan fingerprint density at radius 3 is 1.93 bits per heavy atom. The minimum atomic E-state index is 0.810. The molecule has 0 atom stereocenters. The van der Waals surface area contributed by atoms with Gasteiger partial charge >= 0.3 is 0 Å². The van der Waals surface area contributed by atoms with E-state index >= 15 is 0 Å². The largest absolute Gasteiger partial charge is 0.143 e. The van der Waals surface area contributed by atoms with Crippen LogP contribution in [-0.2, 0) is 0 Å². The predicted octanol–water partition coefficient (Wildman–Crippen LogP) is 4.62. The first-order valence-corrected chi connectivity index (χ1v) is 5.47. The summed E-state index contributed by atoms with van der Waals surface area (Å²) in [5.41, 5.74) is 1.21. The van der Waals surface area contributed by atoms with Gasteiger partial charge in [-0.2, -0.15) is 0 Å². The lowest BCUT2D eigenvalue weighted by molar-refractivity contribution is 1.47. The summed E-state index contributed by atoms with van der Waals surface area (Å²) >= 11 is 9.73. The molecule has 0 saturated heterocycles. The number of halogens is 1. The van der Waals surface area contributed by atoms with Gasteiger partial charge in [0.1, 0.15) is 0 Å². The van der Waals surface area contributed by atoms with Crippen LogP contribution in [0.15, 0.2) is 59.5 Å². The second-order valence-corrected chi connectivity index (χ2v) is 4.09. The maximum Gasteiger partial charge on any atom is 0.0408 e. The van der Waals surface area contributed by atoms with Crippen molar-refractivity contribution in [3.05, 3.63) is 65.2 Å². The molecular formula is C13H13ClS. The van der Waals surface area contributed by atoms with E-state index in [1.165, 1.54) is 5.56 Å². The zero-order chi connectivity index (χ0) is 11.1. The molecule has 15 heavy (non-hydrogen) atoms. The average Bonchev–Trinajstić information content (AvgIpc) is 2.19. The fraction of sp³-hybridized carbons (Fsp3) is 0.0769. The molecule has 2 rings (SSSR count). The Hall–Kier alpha value is -0.920. The van der Waals surface area contributed by atoms with Gasteiger partial charge in [0, 0.05) is 9.92 Å². The molecule has 0 heterocycles. The summed E-state index contributed by atoms with van der Waals surface area (Å²) in [4.78, 5) is 1.02. The molecule has 2 aromatic rings. The smallest absolute Gasteiger partial charge is 0.0408 e. The third-order valence-corrected chi connectivity index (χ3v) is 2.27. The molecule has 0 fully saturated rings. The monoisotopic (exact) mass is 236 g/mol. The van der Waals surface area contributed by atoms with Crippen molar-refractivity contribution >= 4 is 24.2 Å². The molecule has 0 radical (unpaired) electrons. The van der Waals surface area contributed by atoms with Gasteiger partial charge in [0.25, 0.3) is 0 Å². The van der Waals surface area contributed by atoms with Crippen LogP contribution < -0.4 is 0 Å². The van der Waals surface area contributed by atoms with Crippen LogP contribution in [0.4, 0.5) is 0 Å². The van der Waals surface area contributed by atoms with Crippen LogP contribution in [0.3, 0.4) is 0 Å². The Labute approximate surface area is 101 Å². The summed E-state index contributed by atoms with van der Waals surface area (Å²) < 4.78 is 0. The zero-order valence-electron chi connectivity index (χ0n) is 8.52. The highest BCUT2D eigenvalue weighted by atomic mass is 35.5. The molecule has 0 nitrogen and oxygen atoms in total. The maximum absolute atomic E-state index is 5.64. The highest BCUT2D eigenvalue weighted by Gasteiger charge is 1.82. The van der Waals surface area contributed by atoms with E-state index in [9.17, 15) is 0 Å². The predicted molar refractivity (Wildman–Crippen MR) is 69.9 cm³/mol. The van der Waals surface area contributed by atoms with Crippen LogP contribution in [0, 0.1) is 6.92 Å². The normalized spacial score (nSPS) is 9.00. The van der Waals surface area contributed by atoms with Gasteiger partial charge in [-0.1, -0.05) is 41.9 Å². The van der Waals surface area contributed by atoms with E-state index in [-0.39, 0.29) is 0 Å². The van der Waals surface area contributed by atoms with Crippen molar-refractivity contribution in [1.82, 2.24) is 0 Å². The van der Waals surface area contributed by atoms with Crippen molar-refractivity contribution < 1.29 is 0 Å². The standard InChI is InChI=1S/C7H7Cl.C6H6S/c1-6-3-2-4-7(8)5-6;7-6-4-2-1-3-5-6/h2-5H,1H3;1-5,7H. The Kier molecular flexibility index (Phi) is 5.30. The van der Waals surface area contributed by atoms with Crippen molar-refractivity contribution in [3.63, 3.8) is 0 Å². The molecule has 78 valence electrons. The summed E-state index contributed by atoms with van der Waals surface area (Å²) in [6, 6.07) is 17.6. The van der Waals surface area contributed by atoms with Crippen molar-refractivity contribution in [3.8, 4) is 0 Å². The Bertz CT molecular complexity index is 381. The van der Waals surface area contributed by atoms with Crippen LogP contribution in [0.5, 0.6) is 0 Å². The molecule has 0 unspecified atom stereocenters. The van der Waals surface area contributed by atoms with E-state index in [2.05, 4.69) is 12.6 Å². The molecular weight excluding hydrogens is 224 g/mol. The van der Waals surface area contributed by atoms with Gasteiger partial charge in [-0.25, -0.2) is 0 Å². The van der Waals surface area contributed by atoms with Crippen LogP contribution in [-0.4, -0.2) is 0 Å². The Balaban J connectivity index is 0.000000151. The van der Waals surface area contributed by atoms with E-state index in [4.69, 9.17) is 11.6 Å². The zero-order valence-corrected chi connectivity index (χ0v) is 10.2. The number of hydrogen-bond donors (Lipinski definition) is 1. The summed E-state index contributed by atoms with van der Waals surface area (Å²) in [7, 11) is 0. The summed E-state index contributed by atoms with van der Waals surface area (Å²) in [6.07, 6.45) is 0. The third kappa shape index (κ3) is 5.50. The van der Waals surface area contributed by atoms with E-state index < -0.39 is 0 Å². The SMILES string of the molecule is Cc1cccc(Cl)c1.Sc1ccccc1. The molecule has 2 aromatic carbocycles. The lowest BCUT2D eigenvalue weighted by Crippen LogP contribution is -1.66. The first-order valence-electron chi connectivity index (χ1n) is 4.64. The Morgan fingerprint density at radius 2 is 1.60 bits per heavy atom. The van der Waals surface area contributed by atoms with E-state index in [1.54, 1.807) is 0 Å². The maximum atomic E-state index is 5.64. The number of aryl methyl sites for hydroxylation is 1. The van der Waals surface area contributed by atoms with Crippen molar-refractivity contribution in [2.75, 3.05) is 0 Å². The number of benzene rings is 2. The Morgan fingerprint density at radius 1 is 0.933 bits per heavy atom. The minimum absolute atomic E-state index is 0.810. The summed E-state index contributed by atoms with van der Waals surface area (Å²) in [5.74, 6) is 0. The molecule has 0 aliphatic carbocycles. The fourth-order valence-electron chi connectivity index (χ4n) is 1.03. The molecule has 0 aliphatic rings. The van der Waals surface area contributed by atoms with Crippen LogP contribution in [0.1, 0.15) is 5.56 Å². The second-order valence-electron chi connectivity index (χ2n) is 3.13. The van der Waals surface area contributed by atoms with E-state index in [1.807, 2.05) is 61.5 Å². The fourth-order valence-corrected chi connectivity index (χ4v) is 1.45. The van der Waals surface area contributed by atoms with Gasteiger partial charge in [0.15, 0.2) is 0 Å². The van der Waals surface area contributed by atoms with Crippen LogP contribution in [0.25, 0.3) is 0 Å². The first-order chi connectivity index (χ1) is 7.18. The summed E-state index contributed by atoms with van der Waals surface area (Å²) in [6.45, 7) is 2.02. The number of thiol groups is 1. The second kappa shape index (κ2) is 6.54. The summed E-state index contributed by atoms with van der Waals surface area (Å²) in [5, 5.41) is 0.810. The molecule has 0 aromatic heterocycles. The third-order valence-electron chi connectivity index (χ3n) is 1.74. The average molecular weight is 237 g/mol. The molecule has 0 N–H and O–H groups in total. The van der Waals surface area contributed by atoms with Gasteiger partial charge in [-0.05, 0) is 36.8 Å². The van der Waals surface area contributed by atoms with E-state index in [0.717, 1.165) is 9.92 Å². The van der Waals surface area contributed by atoms with Crippen LogP contribution in [0.2, 0.25) is 5.02 Å². The van der Waals surface area contributed by atoms with Gasteiger partial charge in [-0.3, -0.25) is 0 Å². The van der Waals surface area contributed by atoms with Crippen molar-refractivity contribution in [2.45, 2.75) is 11.8 Å². The van der Waals surface area contributed by atoms with Gasteiger partial charge < -0.3 is 0 Å². The first kappa shape index (κ1) is 12.2. The molecule has 0 saturated carbocycles. The van der Waals surface area contributed by atoms with Crippen molar-refractivity contribution in [1.29, 1.82) is 0 Å². The molecule has 2 heteroatoms. The highest BCUT2D eigenvalue weighted by molar-refractivity contribution is 7.80. The lowest BCUT2D eigenvalue weighted by atomic mass is 10.2. The molecule has 0 aliphatic heterocycles. The van der Waals surface area contributed by atoms with Crippen LogP contribution >= 0.6 is 24.2 Å². The lowest BCUT2D eigenvalue weighted by Gasteiger charge is -1.88. The molecule has 0 bridgehead atoms. The quantitative estimate of drug-likeness (QED) is 0.634. The van der Waals surface area contributed by atoms with Gasteiger partial charge in [-0.15, -0.1) is 12.6 Å². The molecule has 0 spiro atoms. The van der Waals surface area contributed by atoms with Gasteiger partial charge in [0.05, 0.1) is 0 Å². The molecule has 0 amide bonds. The minimum Gasteiger partial charge on any atom is -0.143 e. The number of rotatable bonds is 0.